The Labute approximate surface area is 148 Å². The van der Waals surface area contributed by atoms with Gasteiger partial charge in [-0.05, 0) is 17.7 Å². The molecule has 0 N–H and O–H groups in total. The number of hydrogen-bond acceptors (Lipinski definition) is 7. The van der Waals surface area contributed by atoms with Crippen LogP contribution < -0.4 is 0 Å². The van der Waals surface area contributed by atoms with Crippen molar-refractivity contribution in [2.75, 3.05) is 0 Å². The summed E-state index contributed by atoms with van der Waals surface area (Å²) in [4.78, 5) is 0. The van der Waals surface area contributed by atoms with Crippen molar-refractivity contribution >= 4 is 11.8 Å². The summed E-state index contributed by atoms with van der Waals surface area (Å²) in [6.45, 7) is 0. The van der Waals surface area contributed by atoms with Gasteiger partial charge in [0.15, 0.2) is 0 Å². The van der Waals surface area contributed by atoms with E-state index in [-0.39, 0.29) is 0 Å². The normalized spacial score (nSPS) is 10.9. The molecule has 0 saturated carbocycles. The maximum absolute atomic E-state index is 5.66. The lowest BCUT2D eigenvalue weighted by molar-refractivity contribution is 0.419. The molecule has 124 valence electrons. The van der Waals surface area contributed by atoms with Gasteiger partial charge in [-0.25, -0.2) is 0 Å². The van der Waals surface area contributed by atoms with Crippen LogP contribution in [0.2, 0.25) is 0 Å². The SMILES string of the molecule is c1ccc(Cc2nnc(SCc3nnc(-c4ccccc4)o3)o2)cc1. The molecular formula is C18H14N4O2S. The lowest BCUT2D eigenvalue weighted by atomic mass is 10.2. The third-order valence-corrected chi connectivity index (χ3v) is 4.26. The van der Waals surface area contributed by atoms with Crippen LogP contribution in [0.25, 0.3) is 11.5 Å². The van der Waals surface area contributed by atoms with Crippen molar-refractivity contribution in [1.29, 1.82) is 0 Å². The lowest BCUT2D eigenvalue weighted by Gasteiger charge is -1.95. The highest BCUT2D eigenvalue weighted by atomic mass is 32.2. The monoisotopic (exact) mass is 350 g/mol. The van der Waals surface area contributed by atoms with Gasteiger partial charge < -0.3 is 8.83 Å². The van der Waals surface area contributed by atoms with E-state index in [1.54, 1.807) is 0 Å². The molecule has 6 nitrogen and oxygen atoms in total. The molecule has 0 fully saturated rings. The van der Waals surface area contributed by atoms with Gasteiger partial charge >= 0.3 is 0 Å². The molecule has 0 aliphatic carbocycles. The van der Waals surface area contributed by atoms with Gasteiger partial charge in [-0.15, -0.1) is 20.4 Å². The average molecular weight is 350 g/mol. The summed E-state index contributed by atoms with van der Waals surface area (Å²) in [5.74, 6) is 2.09. The van der Waals surface area contributed by atoms with E-state index in [1.165, 1.54) is 11.8 Å². The smallest absolute Gasteiger partial charge is 0.277 e. The van der Waals surface area contributed by atoms with Gasteiger partial charge in [-0.2, -0.15) is 0 Å². The molecule has 0 atom stereocenters. The summed E-state index contributed by atoms with van der Waals surface area (Å²) >= 11 is 1.38. The van der Waals surface area contributed by atoms with Gasteiger partial charge in [-0.1, -0.05) is 60.3 Å². The van der Waals surface area contributed by atoms with Gasteiger partial charge in [0, 0.05) is 5.56 Å². The van der Waals surface area contributed by atoms with E-state index in [0.29, 0.717) is 35.1 Å². The molecule has 0 radical (unpaired) electrons. The highest BCUT2D eigenvalue weighted by Gasteiger charge is 2.12. The number of hydrogen-bond donors (Lipinski definition) is 0. The standard InChI is InChI=1S/C18H14N4O2S/c1-3-7-13(8-4-1)11-15-19-22-18(24-15)25-12-16-20-21-17(23-16)14-9-5-2-6-10-14/h1-10H,11-12H2. The number of rotatable bonds is 6. The van der Waals surface area contributed by atoms with Crippen molar-refractivity contribution in [2.45, 2.75) is 17.4 Å². The Hall–Kier alpha value is -2.93. The Morgan fingerprint density at radius 3 is 2.24 bits per heavy atom. The number of thioether (sulfide) groups is 1. The molecular weight excluding hydrogens is 336 g/mol. The van der Waals surface area contributed by atoms with Crippen molar-refractivity contribution in [3.63, 3.8) is 0 Å². The molecule has 4 aromatic rings. The van der Waals surface area contributed by atoms with Crippen LogP contribution in [0, 0.1) is 0 Å². The Balaban J connectivity index is 1.37. The van der Waals surface area contributed by atoms with E-state index in [2.05, 4.69) is 20.4 Å². The fourth-order valence-electron chi connectivity index (χ4n) is 2.27. The maximum atomic E-state index is 5.66. The van der Waals surface area contributed by atoms with E-state index in [4.69, 9.17) is 8.83 Å². The first-order valence-corrected chi connectivity index (χ1v) is 8.72. The Bertz CT molecular complexity index is 938. The zero-order chi connectivity index (χ0) is 16.9. The highest BCUT2D eigenvalue weighted by molar-refractivity contribution is 7.98. The van der Waals surface area contributed by atoms with Crippen LogP contribution in [0.3, 0.4) is 0 Å². The number of benzene rings is 2. The lowest BCUT2D eigenvalue weighted by Crippen LogP contribution is -1.87. The molecule has 4 rings (SSSR count). The van der Waals surface area contributed by atoms with Crippen LogP contribution in [0.4, 0.5) is 0 Å². The fourth-order valence-corrected chi connectivity index (χ4v) is 2.89. The van der Waals surface area contributed by atoms with Crippen molar-refractivity contribution < 1.29 is 8.83 Å². The first-order chi connectivity index (χ1) is 12.4. The maximum Gasteiger partial charge on any atom is 0.277 e. The van der Waals surface area contributed by atoms with Crippen LogP contribution in [0.1, 0.15) is 17.3 Å². The Morgan fingerprint density at radius 2 is 1.44 bits per heavy atom. The van der Waals surface area contributed by atoms with Gasteiger partial charge in [0.05, 0.1) is 12.2 Å². The molecule has 7 heteroatoms. The molecule has 0 spiro atoms. The molecule has 0 saturated heterocycles. The van der Waals surface area contributed by atoms with Crippen LogP contribution in [-0.4, -0.2) is 20.4 Å². The van der Waals surface area contributed by atoms with Gasteiger partial charge in [-0.3, -0.25) is 0 Å². The zero-order valence-electron chi connectivity index (χ0n) is 13.2. The van der Waals surface area contributed by atoms with E-state index >= 15 is 0 Å². The van der Waals surface area contributed by atoms with Gasteiger partial charge in [0.25, 0.3) is 5.22 Å². The molecule has 2 heterocycles. The van der Waals surface area contributed by atoms with Crippen LogP contribution in [0.5, 0.6) is 0 Å². The van der Waals surface area contributed by atoms with E-state index in [9.17, 15) is 0 Å². The average Bonchev–Trinajstić information content (AvgIpc) is 3.31. The minimum absolute atomic E-state index is 0.479. The van der Waals surface area contributed by atoms with Gasteiger partial charge in [0.1, 0.15) is 0 Å². The molecule has 25 heavy (non-hydrogen) atoms. The summed E-state index contributed by atoms with van der Waals surface area (Å²) < 4.78 is 11.3. The van der Waals surface area contributed by atoms with E-state index in [0.717, 1.165) is 11.1 Å². The number of aromatic nitrogens is 4. The number of nitrogens with zero attached hydrogens (tertiary/aromatic N) is 4. The predicted molar refractivity (Wildman–Crippen MR) is 92.8 cm³/mol. The van der Waals surface area contributed by atoms with Crippen LogP contribution >= 0.6 is 11.8 Å². The third kappa shape index (κ3) is 3.95. The second-order valence-corrected chi connectivity index (χ2v) is 6.21. The molecule has 2 aromatic carbocycles. The second-order valence-electron chi connectivity index (χ2n) is 5.28. The predicted octanol–water partition coefficient (Wildman–Crippen LogP) is 4.00. The molecule has 0 bridgehead atoms. The molecule has 0 aliphatic rings. The largest absolute Gasteiger partial charge is 0.420 e. The van der Waals surface area contributed by atoms with Crippen molar-refractivity contribution in [1.82, 2.24) is 20.4 Å². The fraction of sp³-hybridized carbons (Fsp3) is 0.111. The minimum Gasteiger partial charge on any atom is -0.420 e. The van der Waals surface area contributed by atoms with Crippen molar-refractivity contribution in [2.24, 2.45) is 0 Å². The van der Waals surface area contributed by atoms with E-state index in [1.807, 2.05) is 60.7 Å². The summed E-state index contributed by atoms with van der Waals surface area (Å²) in [5.41, 5.74) is 2.03. The summed E-state index contributed by atoms with van der Waals surface area (Å²) in [6.07, 6.45) is 0.618. The van der Waals surface area contributed by atoms with Crippen LogP contribution in [-0.2, 0) is 12.2 Å². The quantitative estimate of drug-likeness (QED) is 0.486. The second kappa shape index (κ2) is 7.31. The van der Waals surface area contributed by atoms with E-state index < -0.39 is 0 Å². The van der Waals surface area contributed by atoms with Crippen molar-refractivity contribution in [3.05, 3.63) is 78.0 Å². The highest BCUT2D eigenvalue weighted by Crippen LogP contribution is 2.24. The first-order valence-electron chi connectivity index (χ1n) is 7.74. The summed E-state index contributed by atoms with van der Waals surface area (Å²) in [6, 6.07) is 19.7. The summed E-state index contributed by atoms with van der Waals surface area (Å²) in [5, 5.41) is 16.7. The molecule has 0 aliphatic heterocycles. The van der Waals surface area contributed by atoms with Gasteiger partial charge in [0.2, 0.25) is 17.7 Å². The van der Waals surface area contributed by atoms with Crippen molar-refractivity contribution in [3.8, 4) is 11.5 Å². The van der Waals surface area contributed by atoms with Crippen LogP contribution in [0.15, 0.2) is 74.7 Å². The summed E-state index contributed by atoms with van der Waals surface area (Å²) in [7, 11) is 0. The topological polar surface area (TPSA) is 77.8 Å². The molecule has 0 unspecified atom stereocenters. The zero-order valence-corrected chi connectivity index (χ0v) is 14.0. The minimum atomic E-state index is 0.479. The Morgan fingerprint density at radius 1 is 0.720 bits per heavy atom. The Kier molecular flexibility index (Phi) is 4.56. The molecule has 2 aromatic heterocycles. The molecule has 0 amide bonds. The third-order valence-electron chi connectivity index (χ3n) is 3.45. The first kappa shape index (κ1) is 15.6.